The van der Waals surface area contributed by atoms with Crippen molar-refractivity contribution in [3.05, 3.63) is 28.5 Å². The molecule has 168 valence electrons. The first-order chi connectivity index (χ1) is 13.7. The second-order valence-electron chi connectivity index (χ2n) is 9.83. The lowest BCUT2D eigenvalue weighted by atomic mass is 9.82. The molecule has 0 amide bonds. The van der Waals surface area contributed by atoms with Crippen LogP contribution in [0.25, 0.3) is 0 Å². The van der Waals surface area contributed by atoms with Crippen molar-refractivity contribution in [3.8, 4) is 5.75 Å². The molecular weight excluding hydrogens is 411 g/mol. The van der Waals surface area contributed by atoms with Gasteiger partial charge in [-0.05, 0) is 79.2 Å². The van der Waals surface area contributed by atoms with Crippen LogP contribution in [-0.2, 0) is 14.3 Å². The summed E-state index contributed by atoms with van der Waals surface area (Å²) < 4.78 is 30.8. The Morgan fingerprint density at radius 2 is 1.57 bits per heavy atom. The van der Waals surface area contributed by atoms with E-state index in [9.17, 15) is 14.0 Å². The van der Waals surface area contributed by atoms with Gasteiger partial charge in [-0.25, -0.2) is 9.18 Å². The summed E-state index contributed by atoms with van der Waals surface area (Å²) in [7, 11) is 0. The van der Waals surface area contributed by atoms with Gasteiger partial charge in [0.2, 0.25) is 0 Å². The van der Waals surface area contributed by atoms with Crippen molar-refractivity contribution in [1.29, 1.82) is 0 Å². The average Bonchev–Trinajstić information content (AvgIpc) is 2.59. The normalized spacial score (nSPS) is 19.9. The van der Waals surface area contributed by atoms with Gasteiger partial charge < -0.3 is 14.2 Å². The molecule has 0 heterocycles. The molecule has 5 nitrogen and oxygen atoms in total. The van der Waals surface area contributed by atoms with E-state index in [-0.39, 0.29) is 34.1 Å². The zero-order valence-corrected chi connectivity index (χ0v) is 19.4. The van der Waals surface area contributed by atoms with Crippen LogP contribution in [0.2, 0.25) is 5.02 Å². The van der Waals surface area contributed by atoms with Gasteiger partial charge in [-0.3, -0.25) is 4.79 Å². The summed E-state index contributed by atoms with van der Waals surface area (Å²) in [6.45, 7) is 11.1. The zero-order chi connectivity index (χ0) is 22.7. The topological polar surface area (TPSA) is 61.8 Å². The maximum atomic E-state index is 14.4. The van der Waals surface area contributed by atoms with E-state index in [1.807, 2.05) is 20.8 Å². The third kappa shape index (κ3) is 7.46. The molecule has 1 aromatic carbocycles. The number of rotatable bonds is 5. The van der Waals surface area contributed by atoms with Gasteiger partial charge in [0.05, 0.1) is 23.1 Å². The molecule has 0 aromatic heterocycles. The van der Waals surface area contributed by atoms with Gasteiger partial charge in [0.15, 0.2) is 0 Å². The minimum absolute atomic E-state index is 0.0883. The molecule has 2 rings (SSSR count). The molecule has 1 aromatic rings. The fourth-order valence-electron chi connectivity index (χ4n) is 3.29. The Bertz CT molecular complexity index is 771. The van der Waals surface area contributed by atoms with Gasteiger partial charge >= 0.3 is 11.9 Å². The quantitative estimate of drug-likeness (QED) is 0.526. The number of ether oxygens (including phenoxy) is 3. The molecule has 0 atom stereocenters. The first-order valence-corrected chi connectivity index (χ1v) is 10.7. The van der Waals surface area contributed by atoms with Crippen LogP contribution in [0, 0.1) is 17.7 Å². The van der Waals surface area contributed by atoms with Gasteiger partial charge in [0.25, 0.3) is 0 Å². The molecule has 0 spiro atoms. The van der Waals surface area contributed by atoms with Crippen LogP contribution in [0.4, 0.5) is 4.39 Å². The van der Waals surface area contributed by atoms with Crippen LogP contribution < -0.4 is 4.74 Å². The molecule has 1 aliphatic carbocycles. The molecule has 1 saturated carbocycles. The minimum atomic E-state index is -0.770. The first kappa shape index (κ1) is 24.4. The van der Waals surface area contributed by atoms with Crippen molar-refractivity contribution >= 4 is 23.5 Å². The van der Waals surface area contributed by atoms with Crippen molar-refractivity contribution in [3.63, 3.8) is 0 Å². The summed E-state index contributed by atoms with van der Waals surface area (Å²) in [6.07, 6.45) is 3.12. The minimum Gasteiger partial charge on any atom is -0.492 e. The smallest absolute Gasteiger partial charge is 0.341 e. The highest BCUT2D eigenvalue weighted by molar-refractivity contribution is 6.32. The Labute approximate surface area is 183 Å². The maximum Gasteiger partial charge on any atom is 0.341 e. The molecule has 0 N–H and O–H groups in total. The number of benzene rings is 1. The monoisotopic (exact) mass is 442 g/mol. The summed E-state index contributed by atoms with van der Waals surface area (Å²) in [5.74, 6) is -1.31. The van der Waals surface area contributed by atoms with Crippen LogP contribution >= 0.6 is 11.6 Å². The molecule has 0 saturated heterocycles. The van der Waals surface area contributed by atoms with Gasteiger partial charge in [0.1, 0.15) is 22.8 Å². The number of halogens is 2. The molecule has 0 radical (unpaired) electrons. The van der Waals surface area contributed by atoms with Crippen LogP contribution in [0.1, 0.15) is 77.6 Å². The molecule has 1 aliphatic rings. The van der Waals surface area contributed by atoms with E-state index in [4.69, 9.17) is 25.8 Å². The first-order valence-electron chi connectivity index (χ1n) is 10.3. The van der Waals surface area contributed by atoms with Crippen molar-refractivity contribution in [2.75, 3.05) is 6.61 Å². The lowest BCUT2D eigenvalue weighted by Crippen LogP contribution is -2.31. The lowest BCUT2D eigenvalue weighted by Gasteiger charge is -2.29. The summed E-state index contributed by atoms with van der Waals surface area (Å²) in [5.41, 5.74) is -1.44. The van der Waals surface area contributed by atoms with E-state index in [1.54, 1.807) is 20.8 Å². The molecule has 1 fully saturated rings. The zero-order valence-electron chi connectivity index (χ0n) is 18.6. The van der Waals surface area contributed by atoms with E-state index in [0.29, 0.717) is 6.61 Å². The van der Waals surface area contributed by atoms with Crippen LogP contribution in [-0.4, -0.2) is 29.7 Å². The highest BCUT2D eigenvalue weighted by Crippen LogP contribution is 2.33. The third-order valence-electron chi connectivity index (χ3n) is 4.70. The predicted molar refractivity (Wildman–Crippen MR) is 113 cm³/mol. The number of carbonyl (C=O) groups excluding carboxylic acids is 2. The molecule has 0 unspecified atom stereocenters. The maximum absolute atomic E-state index is 14.4. The summed E-state index contributed by atoms with van der Waals surface area (Å²) >= 11 is 6.20. The van der Waals surface area contributed by atoms with E-state index in [1.165, 1.54) is 6.07 Å². The van der Waals surface area contributed by atoms with E-state index in [0.717, 1.165) is 31.7 Å². The molecule has 0 bridgehead atoms. The Balaban J connectivity index is 1.91. The second kappa shape index (κ2) is 9.54. The van der Waals surface area contributed by atoms with Gasteiger partial charge in [-0.1, -0.05) is 11.6 Å². The second-order valence-corrected chi connectivity index (χ2v) is 10.2. The van der Waals surface area contributed by atoms with Crippen molar-refractivity contribution in [1.82, 2.24) is 0 Å². The average molecular weight is 443 g/mol. The van der Waals surface area contributed by atoms with Gasteiger partial charge in [-0.15, -0.1) is 0 Å². The molecule has 0 aliphatic heterocycles. The van der Waals surface area contributed by atoms with E-state index < -0.39 is 23.0 Å². The third-order valence-corrected chi connectivity index (χ3v) is 5.00. The SMILES string of the molecule is CC(C)(C)OC(=O)c1cc(Cl)c(OCC2CCC(C(=O)OC(C)(C)C)CC2)cc1F. The van der Waals surface area contributed by atoms with Crippen molar-refractivity contribution in [2.24, 2.45) is 11.8 Å². The standard InChI is InChI=1S/C23H32ClFO5/c1-22(2,3)29-20(26)15-9-7-14(8-10-15)13-28-19-12-18(25)16(11-17(19)24)21(27)30-23(4,5)6/h11-12,14-15H,7-10,13H2,1-6H3. The summed E-state index contributed by atoms with van der Waals surface area (Å²) in [5, 5.41) is 0.153. The number of esters is 2. The van der Waals surface area contributed by atoms with Crippen LogP contribution in [0.3, 0.4) is 0 Å². The van der Waals surface area contributed by atoms with E-state index in [2.05, 4.69) is 0 Å². The van der Waals surface area contributed by atoms with Crippen molar-refractivity contribution in [2.45, 2.75) is 78.4 Å². The highest BCUT2D eigenvalue weighted by atomic mass is 35.5. The molecule has 30 heavy (non-hydrogen) atoms. The Kier molecular flexibility index (Phi) is 7.78. The number of carbonyl (C=O) groups is 2. The fourth-order valence-corrected chi connectivity index (χ4v) is 3.50. The van der Waals surface area contributed by atoms with E-state index >= 15 is 0 Å². The van der Waals surface area contributed by atoms with Crippen molar-refractivity contribution < 1.29 is 28.2 Å². The molecule has 7 heteroatoms. The van der Waals surface area contributed by atoms with Gasteiger partial charge in [-0.2, -0.15) is 0 Å². The molecular formula is C23H32ClFO5. The summed E-state index contributed by atoms with van der Waals surface area (Å²) in [6, 6.07) is 2.35. The largest absolute Gasteiger partial charge is 0.492 e. The van der Waals surface area contributed by atoms with Crippen LogP contribution in [0.5, 0.6) is 5.75 Å². The Morgan fingerprint density at radius 3 is 2.10 bits per heavy atom. The Morgan fingerprint density at radius 1 is 1.00 bits per heavy atom. The highest BCUT2D eigenvalue weighted by Gasteiger charge is 2.30. The lowest BCUT2D eigenvalue weighted by molar-refractivity contribution is -0.161. The van der Waals surface area contributed by atoms with Gasteiger partial charge in [0, 0.05) is 6.07 Å². The fraction of sp³-hybridized carbons (Fsp3) is 0.652. The Hall–Kier alpha value is -1.82. The number of hydrogen-bond donors (Lipinski definition) is 0. The number of hydrogen-bond acceptors (Lipinski definition) is 5. The predicted octanol–water partition coefficient (Wildman–Crippen LogP) is 5.96. The van der Waals surface area contributed by atoms with Crippen LogP contribution in [0.15, 0.2) is 12.1 Å². The summed E-state index contributed by atoms with van der Waals surface area (Å²) in [4.78, 5) is 24.3.